The zero-order valence-corrected chi connectivity index (χ0v) is 12.6. The van der Waals surface area contributed by atoms with Crippen molar-refractivity contribution in [1.29, 1.82) is 0 Å². The Bertz CT molecular complexity index is 627. The molecule has 1 amide bonds. The van der Waals surface area contributed by atoms with Gasteiger partial charge in [0.25, 0.3) is 0 Å². The number of carbonyl (C=O) groups excluding carboxylic acids is 1. The van der Waals surface area contributed by atoms with Crippen LogP contribution in [0.15, 0.2) is 31.1 Å². The van der Waals surface area contributed by atoms with Crippen molar-refractivity contribution in [2.75, 3.05) is 18.9 Å². The van der Waals surface area contributed by atoms with Crippen molar-refractivity contribution in [3.63, 3.8) is 0 Å². The second kappa shape index (κ2) is 6.55. The first kappa shape index (κ1) is 14.5. The first-order chi connectivity index (χ1) is 10.8. The molecule has 1 fully saturated rings. The molecule has 2 aromatic rings. The normalized spacial score (nSPS) is 17.7. The van der Waals surface area contributed by atoms with Crippen molar-refractivity contribution in [3.05, 3.63) is 36.8 Å². The van der Waals surface area contributed by atoms with Crippen LogP contribution in [0.5, 0.6) is 0 Å². The molecule has 2 aromatic heterocycles. The van der Waals surface area contributed by atoms with Gasteiger partial charge in [0.2, 0.25) is 5.91 Å². The van der Waals surface area contributed by atoms with Gasteiger partial charge in [-0.1, -0.05) is 0 Å². The van der Waals surface area contributed by atoms with E-state index in [1.54, 1.807) is 24.9 Å². The molecule has 1 N–H and O–H groups in total. The molecule has 116 valence electrons. The second-order valence-electron chi connectivity index (χ2n) is 5.37. The lowest BCUT2D eigenvalue weighted by Crippen LogP contribution is -2.31. The minimum absolute atomic E-state index is 0.0380. The van der Waals surface area contributed by atoms with Gasteiger partial charge in [-0.15, -0.1) is 0 Å². The maximum Gasteiger partial charge on any atom is 0.224 e. The number of aryl methyl sites for hydroxylation is 1. The topological polar surface area (TPSA) is 75.9 Å². The first-order valence-electron chi connectivity index (χ1n) is 7.53. The summed E-state index contributed by atoms with van der Waals surface area (Å²) in [5.41, 5.74) is 0.861. The average molecular weight is 300 g/mol. The van der Waals surface area contributed by atoms with Crippen LogP contribution < -0.4 is 5.32 Å². The van der Waals surface area contributed by atoms with Crippen molar-refractivity contribution in [2.24, 2.45) is 0 Å². The highest BCUT2D eigenvalue weighted by Gasteiger charge is 2.30. The number of rotatable bonds is 5. The van der Waals surface area contributed by atoms with Gasteiger partial charge in [-0.05, 0) is 12.8 Å². The number of carbonyl (C=O) groups is 1. The third kappa shape index (κ3) is 3.08. The highest BCUT2D eigenvalue weighted by Crippen LogP contribution is 2.31. The monoisotopic (exact) mass is 300 g/mol. The van der Waals surface area contributed by atoms with E-state index < -0.39 is 0 Å². The molecule has 0 bridgehead atoms. The molecule has 1 saturated heterocycles. The zero-order chi connectivity index (χ0) is 15.4. The van der Waals surface area contributed by atoms with Gasteiger partial charge in [-0.25, -0.2) is 9.97 Å². The van der Waals surface area contributed by atoms with Crippen LogP contribution in [-0.4, -0.2) is 43.9 Å². The number of aromatic nitrogens is 4. The van der Waals surface area contributed by atoms with Crippen molar-refractivity contribution < 1.29 is 4.79 Å². The predicted molar refractivity (Wildman–Crippen MR) is 82.1 cm³/mol. The number of nitrogens with one attached hydrogen (secondary N) is 1. The molecule has 7 heteroatoms. The van der Waals surface area contributed by atoms with E-state index in [1.807, 2.05) is 22.7 Å². The molecule has 1 aliphatic heterocycles. The van der Waals surface area contributed by atoms with E-state index in [-0.39, 0.29) is 11.9 Å². The molecule has 0 spiro atoms. The lowest BCUT2D eigenvalue weighted by molar-refractivity contribution is -0.132. The largest absolute Gasteiger partial charge is 0.372 e. The zero-order valence-electron chi connectivity index (χ0n) is 12.6. The molecular weight excluding hydrogens is 280 g/mol. The quantitative estimate of drug-likeness (QED) is 0.905. The SMILES string of the molecule is CNc1cncc([C@H]2CCCN2C(=O)CCn2ccnc2)n1. The molecule has 0 aromatic carbocycles. The van der Waals surface area contributed by atoms with Gasteiger partial charge in [-0.2, -0.15) is 0 Å². The van der Waals surface area contributed by atoms with Crippen LogP contribution >= 0.6 is 0 Å². The Labute approximate surface area is 129 Å². The maximum atomic E-state index is 12.5. The third-order valence-electron chi connectivity index (χ3n) is 3.97. The molecule has 7 nitrogen and oxygen atoms in total. The smallest absolute Gasteiger partial charge is 0.224 e. The summed E-state index contributed by atoms with van der Waals surface area (Å²) in [5, 5.41) is 2.99. The van der Waals surface area contributed by atoms with Gasteiger partial charge in [0.1, 0.15) is 5.82 Å². The molecule has 1 aliphatic rings. The summed E-state index contributed by atoms with van der Waals surface area (Å²) in [6.07, 6.45) is 11.2. The van der Waals surface area contributed by atoms with Gasteiger partial charge in [0, 0.05) is 39.0 Å². The van der Waals surface area contributed by atoms with E-state index in [9.17, 15) is 4.79 Å². The Morgan fingerprint density at radius 1 is 1.41 bits per heavy atom. The number of amides is 1. The van der Waals surface area contributed by atoms with Crippen LogP contribution in [0.25, 0.3) is 0 Å². The highest BCUT2D eigenvalue weighted by molar-refractivity contribution is 5.77. The van der Waals surface area contributed by atoms with Gasteiger partial charge in [0.05, 0.1) is 30.5 Å². The molecule has 0 radical (unpaired) electrons. The summed E-state index contributed by atoms with van der Waals surface area (Å²) in [7, 11) is 1.82. The number of likely N-dealkylation sites (tertiary alicyclic amines) is 1. The van der Waals surface area contributed by atoms with Crippen LogP contribution in [0.1, 0.15) is 31.0 Å². The number of imidazole rings is 1. The van der Waals surface area contributed by atoms with Gasteiger partial charge in [-0.3, -0.25) is 9.78 Å². The van der Waals surface area contributed by atoms with Crippen molar-refractivity contribution in [1.82, 2.24) is 24.4 Å². The summed E-state index contributed by atoms with van der Waals surface area (Å²) in [4.78, 5) is 27.2. The van der Waals surface area contributed by atoms with Crippen LogP contribution in [0.2, 0.25) is 0 Å². The average Bonchev–Trinajstić information content (AvgIpc) is 3.24. The number of nitrogens with zero attached hydrogens (tertiary/aromatic N) is 5. The standard InChI is InChI=1S/C15H20N6O/c1-16-14-10-18-9-12(19-14)13-3-2-6-21(13)15(22)4-7-20-8-5-17-11-20/h5,8-11,13H,2-4,6-7H2,1H3,(H,16,19)/t13-/m1/s1. The van der Waals surface area contributed by atoms with Crippen LogP contribution in [0, 0.1) is 0 Å². The van der Waals surface area contributed by atoms with E-state index in [4.69, 9.17) is 0 Å². The fourth-order valence-corrected chi connectivity index (χ4v) is 2.82. The summed E-state index contributed by atoms with van der Waals surface area (Å²) in [5.74, 6) is 0.892. The minimum Gasteiger partial charge on any atom is -0.372 e. The number of hydrogen-bond donors (Lipinski definition) is 1. The Morgan fingerprint density at radius 3 is 3.09 bits per heavy atom. The van der Waals surface area contributed by atoms with Gasteiger partial charge in [0.15, 0.2) is 0 Å². The molecule has 0 saturated carbocycles. The van der Waals surface area contributed by atoms with E-state index >= 15 is 0 Å². The Balaban J connectivity index is 1.68. The van der Waals surface area contributed by atoms with Crippen molar-refractivity contribution in [2.45, 2.75) is 31.8 Å². The maximum absolute atomic E-state index is 12.5. The summed E-state index contributed by atoms with van der Waals surface area (Å²) in [6.45, 7) is 1.45. The Kier molecular flexibility index (Phi) is 4.32. The molecule has 3 heterocycles. The van der Waals surface area contributed by atoms with E-state index in [2.05, 4.69) is 20.3 Å². The fraction of sp³-hybridized carbons (Fsp3) is 0.467. The van der Waals surface area contributed by atoms with Gasteiger partial charge >= 0.3 is 0 Å². The van der Waals surface area contributed by atoms with Crippen molar-refractivity contribution >= 4 is 11.7 Å². The number of hydrogen-bond acceptors (Lipinski definition) is 5. The minimum atomic E-state index is 0.0380. The molecule has 3 rings (SSSR count). The molecule has 22 heavy (non-hydrogen) atoms. The van der Waals surface area contributed by atoms with Gasteiger partial charge < -0.3 is 14.8 Å². The summed E-state index contributed by atoms with van der Waals surface area (Å²) >= 11 is 0. The number of anilines is 1. The molecule has 1 atom stereocenters. The van der Waals surface area contributed by atoms with E-state index in [0.29, 0.717) is 13.0 Å². The third-order valence-corrected chi connectivity index (χ3v) is 3.97. The Morgan fingerprint density at radius 2 is 2.32 bits per heavy atom. The summed E-state index contributed by atoms with van der Waals surface area (Å²) in [6, 6.07) is 0.0380. The second-order valence-corrected chi connectivity index (χ2v) is 5.37. The fourth-order valence-electron chi connectivity index (χ4n) is 2.82. The first-order valence-corrected chi connectivity index (χ1v) is 7.53. The van der Waals surface area contributed by atoms with Crippen LogP contribution in [0.3, 0.4) is 0 Å². The highest BCUT2D eigenvalue weighted by atomic mass is 16.2. The van der Waals surface area contributed by atoms with E-state index in [1.165, 1.54) is 0 Å². The molecule has 0 aliphatic carbocycles. The lowest BCUT2D eigenvalue weighted by Gasteiger charge is -2.24. The lowest BCUT2D eigenvalue weighted by atomic mass is 10.1. The van der Waals surface area contributed by atoms with Crippen LogP contribution in [-0.2, 0) is 11.3 Å². The molecular formula is C15H20N6O. The predicted octanol–water partition coefficient (Wildman–Crippen LogP) is 1.47. The van der Waals surface area contributed by atoms with Crippen molar-refractivity contribution in [3.8, 4) is 0 Å². The summed E-state index contributed by atoms with van der Waals surface area (Å²) < 4.78 is 1.92. The molecule has 0 unspecified atom stereocenters. The Hall–Kier alpha value is -2.44. The van der Waals surface area contributed by atoms with E-state index in [0.717, 1.165) is 30.9 Å². The van der Waals surface area contributed by atoms with Crippen LogP contribution in [0.4, 0.5) is 5.82 Å².